The lowest BCUT2D eigenvalue weighted by Crippen LogP contribution is -2.45. The second-order valence-electron chi connectivity index (χ2n) is 8.06. The molecule has 1 spiro atoms. The summed E-state index contributed by atoms with van der Waals surface area (Å²) in [7, 11) is 0. The average Bonchev–Trinajstić information content (AvgIpc) is 3.13. The molecule has 1 amide bonds. The molecule has 8 heteroatoms. The van der Waals surface area contributed by atoms with Gasteiger partial charge in [0.2, 0.25) is 0 Å². The summed E-state index contributed by atoms with van der Waals surface area (Å²) in [5, 5.41) is 0. The summed E-state index contributed by atoms with van der Waals surface area (Å²) < 4.78 is 0. The van der Waals surface area contributed by atoms with Gasteiger partial charge in [0.15, 0.2) is 5.82 Å². The van der Waals surface area contributed by atoms with Crippen molar-refractivity contribution in [2.45, 2.75) is 38.0 Å². The van der Waals surface area contributed by atoms with Crippen molar-refractivity contribution in [1.82, 2.24) is 29.8 Å². The predicted octanol–water partition coefficient (Wildman–Crippen LogP) is 2.05. The van der Waals surface area contributed by atoms with Gasteiger partial charge in [-0.2, -0.15) is 0 Å². The smallest absolute Gasteiger partial charge is 0.256 e. The Balaban J connectivity index is 1.31. The minimum Gasteiger partial charge on any atom is -0.338 e. The number of H-pyrrole nitrogens is 1. The number of rotatable bonds is 2. The van der Waals surface area contributed by atoms with E-state index in [0.29, 0.717) is 36.0 Å². The van der Waals surface area contributed by atoms with Crippen LogP contribution < -0.4 is 5.56 Å². The van der Waals surface area contributed by atoms with Crippen LogP contribution in [0.5, 0.6) is 0 Å². The third-order valence-electron chi connectivity index (χ3n) is 6.29. The first-order valence-electron chi connectivity index (χ1n) is 10.2. The van der Waals surface area contributed by atoms with Crippen molar-refractivity contribution in [3.8, 4) is 11.5 Å². The number of hydrogen-bond donors (Lipinski definition) is 1. The van der Waals surface area contributed by atoms with Crippen LogP contribution in [0.4, 0.5) is 0 Å². The fraction of sp³-hybridized carbons (Fsp3) is 0.364. The Morgan fingerprint density at radius 1 is 1.10 bits per heavy atom. The van der Waals surface area contributed by atoms with Crippen LogP contribution in [0.25, 0.3) is 11.5 Å². The van der Waals surface area contributed by atoms with Gasteiger partial charge in [0, 0.05) is 42.7 Å². The van der Waals surface area contributed by atoms with Crippen molar-refractivity contribution in [2.24, 2.45) is 0 Å². The third kappa shape index (κ3) is 3.08. The van der Waals surface area contributed by atoms with Crippen LogP contribution in [-0.4, -0.2) is 48.8 Å². The molecule has 0 radical (unpaired) electrons. The molecular weight excluding hydrogens is 380 g/mol. The van der Waals surface area contributed by atoms with Crippen LogP contribution in [-0.2, 0) is 11.8 Å². The van der Waals surface area contributed by atoms with Crippen LogP contribution in [0.15, 0.2) is 41.6 Å². The molecule has 8 nitrogen and oxygen atoms in total. The Labute approximate surface area is 173 Å². The lowest BCUT2D eigenvalue weighted by molar-refractivity contribution is 0.0662. The predicted molar refractivity (Wildman–Crippen MR) is 110 cm³/mol. The first kappa shape index (κ1) is 18.6. The molecule has 1 aliphatic heterocycles. The van der Waals surface area contributed by atoms with E-state index < -0.39 is 0 Å². The fourth-order valence-electron chi connectivity index (χ4n) is 4.64. The standard InChI is InChI=1S/C22H22N6O2/c1-14-26-18-16(20(29)27-14)5-6-22(18)7-10-28(11-8-22)21(30)15-12-24-19(25-13-15)17-4-2-3-9-23-17/h2-4,9,12-13H,5-8,10-11H2,1H3,(H,26,27,29). The summed E-state index contributed by atoms with van der Waals surface area (Å²) >= 11 is 0. The zero-order chi connectivity index (χ0) is 20.7. The largest absolute Gasteiger partial charge is 0.338 e. The SMILES string of the molecule is Cc1nc2c(c(=O)[nH]1)CCC21CCN(C(=O)c2cnc(-c3ccccn3)nc2)CC1. The highest BCUT2D eigenvalue weighted by molar-refractivity contribution is 5.93. The number of nitrogens with zero attached hydrogens (tertiary/aromatic N) is 5. The number of nitrogens with one attached hydrogen (secondary N) is 1. The summed E-state index contributed by atoms with van der Waals surface area (Å²) in [4.78, 5) is 47.4. The number of carbonyl (C=O) groups is 1. The van der Waals surface area contributed by atoms with E-state index in [1.54, 1.807) is 18.6 Å². The van der Waals surface area contributed by atoms with Crippen LogP contribution in [0.2, 0.25) is 0 Å². The Bertz CT molecular complexity index is 1150. The third-order valence-corrected chi connectivity index (χ3v) is 6.29. The maximum atomic E-state index is 13.0. The van der Waals surface area contributed by atoms with E-state index in [0.717, 1.165) is 36.9 Å². The summed E-state index contributed by atoms with van der Waals surface area (Å²) in [6.07, 6.45) is 8.13. The number of amides is 1. The Hall–Kier alpha value is -3.42. The van der Waals surface area contributed by atoms with Crippen LogP contribution >= 0.6 is 0 Å². The van der Waals surface area contributed by atoms with Gasteiger partial charge in [0.1, 0.15) is 11.5 Å². The van der Waals surface area contributed by atoms with E-state index >= 15 is 0 Å². The molecule has 0 aromatic carbocycles. The van der Waals surface area contributed by atoms with Crippen molar-refractivity contribution in [3.05, 3.63) is 69.8 Å². The van der Waals surface area contributed by atoms with Gasteiger partial charge < -0.3 is 9.88 Å². The Morgan fingerprint density at radius 2 is 1.87 bits per heavy atom. The number of carbonyl (C=O) groups excluding carboxylic acids is 1. The summed E-state index contributed by atoms with van der Waals surface area (Å²) in [6.45, 7) is 3.09. The van der Waals surface area contributed by atoms with Gasteiger partial charge in [0.25, 0.3) is 11.5 Å². The van der Waals surface area contributed by atoms with Gasteiger partial charge in [-0.15, -0.1) is 0 Å². The summed E-state index contributed by atoms with van der Waals surface area (Å²) in [5.41, 5.74) is 2.80. The van der Waals surface area contributed by atoms with Crippen molar-refractivity contribution < 1.29 is 4.79 Å². The molecule has 0 unspecified atom stereocenters. The molecule has 0 saturated carbocycles. The number of pyridine rings is 1. The molecule has 2 aliphatic rings. The minimum absolute atomic E-state index is 0.0157. The van der Waals surface area contributed by atoms with E-state index in [1.807, 2.05) is 30.0 Å². The molecule has 3 aromatic rings. The minimum atomic E-state index is -0.0928. The number of hydrogen-bond acceptors (Lipinski definition) is 6. The molecule has 4 heterocycles. The molecule has 0 atom stereocenters. The topological polar surface area (TPSA) is 105 Å². The van der Waals surface area contributed by atoms with Crippen molar-refractivity contribution in [3.63, 3.8) is 0 Å². The highest BCUT2D eigenvalue weighted by Crippen LogP contribution is 2.44. The molecule has 5 rings (SSSR count). The van der Waals surface area contributed by atoms with Crippen molar-refractivity contribution in [2.75, 3.05) is 13.1 Å². The summed E-state index contributed by atoms with van der Waals surface area (Å²) in [5.74, 6) is 1.09. The van der Waals surface area contributed by atoms with Crippen LogP contribution in [0.1, 0.15) is 46.7 Å². The molecule has 1 saturated heterocycles. The average molecular weight is 402 g/mol. The lowest BCUT2D eigenvalue weighted by Gasteiger charge is -2.39. The highest BCUT2D eigenvalue weighted by atomic mass is 16.2. The van der Waals surface area contributed by atoms with Gasteiger partial charge in [-0.3, -0.25) is 14.6 Å². The van der Waals surface area contributed by atoms with Gasteiger partial charge in [0.05, 0.1) is 11.3 Å². The van der Waals surface area contributed by atoms with Gasteiger partial charge >= 0.3 is 0 Å². The molecule has 0 bridgehead atoms. The Kier molecular flexibility index (Phi) is 4.42. The van der Waals surface area contributed by atoms with E-state index in [-0.39, 0.29) is 16.9 Å². The summed E-state index contributed by atoms with van der Waals surface area (Å²) in [6, 6.07) is 5.54. The first-order valence-corrected chi connectivity index (χ1v) is 10.2. The molecule has 1 aliphatic carbocycles. The van der Waals surface area contributed by atoms with Crippen LogP contribution in [0, 0.1) is 6.92 Å². The van der Waals surface area contributed by atoms with Crippen molar-refractivity contribution >= 4 is 5.91 Å². The molecule has 152 valence electrons. The van der Waals surface area contributed by atoms with E-state index in [4.69, 9.17) is 0 Å². The van der Waals surface area contributed by atoms with Gasteiger partial charge in [-0.05, 0) is 44.7 Å². The number of aromatic nitrogens is 5. The zero-order valence-electron chi connectivity index (χ0n) is 16.8. The quantitative estimate of drug-likeness (QED) is 0.703. The van der Waals surface area contributed by atoms with E-state index in [2.05, 4.69) is 24.9 Å². The number of aromatic amines is 1. The zero-order valence-corrected chi connectivity index (χ0v) is 16.8. The Morgan fingerprint density at radius 3 is 2.57 bits per heavy atom. The maximum absolute atomic E-state index is 13.0. The monoisotopic (exact) mass is 402 g/mol. The van der Waals surface area contributed by atoms with Gasteiger partial charge in [-0.1, -0.05) is 6.07 Å². The maximum Gasteiger partial charge on any atom is 0.256 e. The molecule has 1 N–H and O–H groups in total. The second kappa shape index (κ2) is 7.12. The van der Waals surface area contributed by atoms with Crippen LogP contribution in [0.3, 0.4) is 0 Å². The number of likely N-dealkylation sites (tertiary alicyclic amines) is 1. The molecule has 1 fully saturated rings. The number of aryl methyl sites for hydroxylation is 1. The fourth-order valence-corrected chi connectivity index (χ4v) is 4.64. The second-order valence-corrected chi connectivity index (χ2v) is 8.06. The molecular formula is C22H22N6O2. The molecule has 3 aromatic heterocycles. The van der Waals surface area contributed by atoms with Gasteiger partial charge in [-0.25, -0.2) is 15.0 Å². The first-order chi connectivity index (χ1) is 14.6. The highest BCUT2D eigenvalue weighted by Gasteiger charge is 2.44. The van der Waals surface area contributed by atoms with Crippen molar-refractivity contribution in [1.29, 1.82) is 0 Å². The molecule has 30 heavy (non-hydrogen) atoms. The normalized spacial score (nSPS) is 17.2. The van der Waals surface area contributed by atoms with E-state index in [1.165, 1.54) is 0 Å². The number of fused-ring (bicyclic) bond motifs is 2. The number of piperidine rings is 1. The lowest BCUT2D eigenvalue weighted by atomic mass is 9.76. The van der Waals surface area contributed by atoms with E-state index in [9.17, 15) is 9.59 Å².